The van der Waals surface area contributed by atoms with Gasteiger partial charge in [-0.25, -0.2) is 4.98 Å². The van der Waals surface area contributed by atoms with E-state index < -0.39 is 0 Å². The first-order valence-electron chi connectivity index (χ1n) is 10.1. The zero-order valence-electron chi connectivity index (χ0n) is 16.7. The Labute approximate surface area is 193 Å². The minimum absolute atomic E-state index is 0.0814. The van der Waals surface area contributed by atoms with E-state index in [4.69, 9.17) is 16.6 Å². The Hall–Kier alpha value is -3.54. The second-order valence-electron chi connectivity index (χ2n) is 7.51. The lowest BCUT2D eigenvalue weighted by Gasteiger charge is -2.21. The smallest absolute Gasteiger partial charge is 0.212 e. The van der Waals surface area contributed by atoms with E-state index in [1.165, 1.54) is 4.90 Å². The predicted octanol–water partition coefficient (Wildman–Crippen LogP) is 7.09. The molecule has 0 bridgehead atoms. The number of hydrogen-bond donors (Lipinski definition) is 1. The number of anilines is 2. The number of benzene rings is 3. The number of halogens is 1. The van der Waals surface area contributed by atoms with E-state index in [9.17, 15) is 4.79 Å². The van der Waals surface area contributed by atoms with Crippen LogP contribution in [-0.4, -0.2) is 15.2 Å². The van der Waals surface area contributed by atoms with Gasteiger partial charge in [-0.2, -0.15) is 0 Å². The lowest BCUT2D eigenvalue weighted by atomic mass is 10.0. The van der Waals surface area contributed by atoms with Crippen molar-refractivity contribution in [1.82, 2.24) is 9.38 Å². The van der Waals surface area contributed by atoms with Crippen molar-refractivity contribution in [1.29, 1.82) is 0 Å². The number of hydrogen-bond acceptors (Lipinski definition) is 4. The molecule has 0 atom stereocenters. The van der Waals surface area contributed by atoms with Gasteiger partial charge in [0.15, 0.2) is 0 Å². The number of para-hydroxylation sites is 1. The average molecular weight is 454 g/mol. The molecule has 3 heterocycles. The molecule has 0 aliphatic carbocycles. The van der Waals surface area contributed by atoms with E-state index in [2.05, 4.69) is 11.4 Å². The topological polar surface area (TPSA) is 46.4 Å². The molecule has 0 unspecified atom stereocenters. The lowest BCUT2D eigenvalue weighted by Crippen LogP contribution is -2.08. The Balaban J connectivity index is 1.47. The summed E-state index contributed by atoms with van der Waals surface area (Å²) in [5, 5.41) is 4.10. The second kappa shape index (κ2) is 7.55. The minimum atomic E-state index is -0.0814. The van der Waals surface area contributed by atoms with Crippen molar-refractivity contribution in [2.45, 2.75) is 9.79 Å². The summed E-state index contributed by atoms with van der Waals surface area (Å²) in [5.41, 5.74) is 5.34. The number of aromatic nitrogens is 2. The fourth-order valence-electron chi connectivity index (χ4n) is 3.94. The maximum absolute atomic E-state index is 13.8. The molecule has 0 saturated heterocycles. The number of ketones is 1. The molecule has 1 N–H and O–H groups in total. The molecule has 154 valence electrons. The van der Waals surface area contributed by atoms with Crippen molar-refractivity contribution >= 4 is 46.2 Å². The maximum atomic E-state index is 13.8. The molecular weight excluding hydrogens is 438 g/mol. The summed E-state index contributed by atoms with van der Waals surface area (Å²) in [5.74, 6) is -0.0814. The largest absolute Gasteiger partial charge is 0.354 e. The molecule has 0 saturated carbocycles. The SMILES string of the molecule is O=C(c1ccc2c(c1)Nc1ccccc1S2)c1c(-c2ccc(Cl)cc2)nc2ccccn12. The molecule has 32 heavy (non-hydrogen) atoms. The summed E-state index contributed by atoms with van der Waals surface area (Å²) in [6, 6.07) is 27.1. The van der Waals surface area contributed by atoms with Crippen molar-refractivity contribution < 1.29 is 4.79 Å². The highest BCUT2D eigenvalue weighted by Gasteiger charge is 2.24. The van der Waals surface area contributed by atoms with Crippen LogP contribution in [0.1, 0.15) is 16.1 Å². The van der Waals surface area contributed by atoms with Crippen LogP contribution >= 0.6 is 23.4 Å². The quantitative estimate of drug-likeness (QED) is 0.290. The Bertz CT molecular complexity index is 1510. The van der Waals surface area contributed by atoms with Crippen LogP contribution in [0, 0.1) is 0 Å². The molecule has 2 aromatic heterocycles. The van der Waals surface area contributed by atoms with E-state index >= 15 is 0 Å². The van der Waals surface area contributed by atoms with Crippen molar-refractivity contribution in [2.24, 2.45) is 0 Å². The van der Waals surface area contributed by atoms with Crippen LogP contribution < -0.4 is 5.32 Å². The summed E-state index contributed by atoms with van der Waals surface area (Å²) < 4.78 is 1.85. The van der Waals surface area contributed by atoms with E-state index in [-0.39, 0.29) is 5.78 Å². The monoisotopic (exact) mass is 453 g/mol. The summed E-state index contributed by atoms with van der Waals surface area (Å²) in [7, 11) is 0. The summed E-state index contributed by atoms with van der Waals surface area (Å²) in [6.07, 6.45) is 1.87. The highest BCUT2D eigenvalue weighted by atomic mass is 35.5. The third-order valence-electron chi connectivity index (χ3n) is 5.48. The summed E-state index contributed by atoms with van der Waals surface area (Å²) >= 11 is 7.78. The number of fused-ring (bicyclic) bond motifs is 3. The average Bonchev–Trinajstić information content (AvgIpc) is 3.22. The van der Waals surface area contributed by atoms with Gasteiger partial charge < -0.3 is 5.32 Å². The van der Waals surface area contributed by atoms with Crippen molar-refractivity contribution in [2.75, 3.05) is 5.32 Å². The molecular formula is C26H16ClN3OS. The Morgan fingerprint density at radius 1 is 0.875 bits per heavy atom. The minimum Gasteiger partial charge on any atom is -0.354 e. The van der Waals surface area contributed by atoms with E-state index in [0.717, 1.165) is 27.5 Å². The van der Waals surface area contributed by atoms with Gasteiger partial charge in [-0.15, -0.1) is 0 Å². The van der Waals surface area contributed by atoms with Gasteiger partial charge in [0.2, 0.25) is 5.78 Å². The molecule has 0 fully saturated rings. The number of carbonyl (C=O) groups excluding carboxylic acids is 1. The third kappa shape index (κ3) is 3.18. The van der Waals surface area contributed by atoms with E-state index in [1.807, 2.05) is 89.5 Å². The number of carbonyl (C=O) groups is 1. The Morgan fingerprint density at radius 3 is 2.53 bits per heavy atom. The van der Waals surface area contributed by atoms with Crippen molar-refractivity contribution in [3.63, 3.8) is 0 Å². The Morgan fingerprint density at radius 2 is 1.66 bits per heavy atom. The van der Waals surface area contributed by atoms with Crippen LogP contribution in [0.2, 0.25) is 5.02 Å². The highest BCUT2D eigenvalue weighted by molar-refractivity contribution is 7.99. The first-order valence-corrected chi connectivity index (χ1v) is 11.3. The van der Waals surface area contributed by atoms with Crippen LogP contribution in [0.25, 0.3) is 16.9 Å². The van der Waals surface area contributed by atoms with Gasteiger partial charge in [0.25, 0.3) is 0 Å². The van der Waals surface area contributed by atoms with Gasteiger partial charge in [-0.05, 0) is 54.6 Å². The number of nitrogens with one attached hydrogen (secondary N) is 1. The van der Waals surface area contributed by atoms with Gasteiger partial charge in [0, 0.05) is 32.1 Å². The van der Waals surface area contributed by atoms with Crippen LogP contribution in [0.15, 0.2) is 101 Å². The van der Waals surface area contributed by atoms with Crippen LogP contribution in [0.5, 0.6) is 0 Å². The van der Waals surface area contributed by atoms with Crippen molar-refractivity contribution in [3.05, 3.63) is 107 Å². The number of rotatable bonds is 3. The molecule has 1 aliphatic rings. The zero-order valence-corrected chi connectivity index (χ0v) is 18.3. The summed E-state index contributed by atoms with van der Waals surface area (Å²) in [6.45, 7) is 0. The van der Waals surface area contributed by atoms with Gasteiger partial charge in [-0.1, -0.05) is 53.7 Å². The maximum Gasteiger partial charge on any atom is 0.212 e. The van der Waals surface area contributed by atoms with Crippen LogP contribution in [-0.2, 0) is 0 Å². The normalized spacial score (nSPS) is 12.2. The van der Waals surface area contributed by atoms with Crippen molar-refractivity contribution in [3.8, 4) is 11.3 Å². The lowest BCUT2D eigenvalue weighted by molar-refractivity contribution is 0.103. The molecule has 0 spiro atoms. The standard InChI is InChI=1S/C26H16ClN3OS/c27-18-11-8-16(9-12-18)24-25(30-14-4-3-7-23(30)29-24)26(31)17-10-13-22-20(15-17)28-19-5-1-2-6-21(19)32-22/h1-15,28H. The first-order chi connectivity index (χ1) is 15.7. The molecule has 5 aromatic rings. The number of nitrogens with zero attached hydrogens (tertiary/aromatic N) is 2. The van der Waals surface area contributed by atoms with Crippen LogP contribution in [0.4, 0.5) is 11.4 Å². The molecule has 0 amide bonds. The fourth-order valence-corrected chi connectivity index (χ4v) is 5.03. The molecule has 4 nitrogen and oxygen atoms in total. The second-order valence-corrected chi connectivity index (χ2v) is 9.03. The molecule has 1 aliphatic heterocycles. The number of pyridine rings is 1. The predicted molar refractivity (Wildman–Crippen MR) is 129 cm³/mol. The third-order valence-corrected chi connectivity index (χ3v) is 6.88. The molecule has 3 aromatic carbocycles. The molecule has 6 rings (SSSR count). The van der Waals surface area contributed by atoms with E-state index in [1.54, 1.807) is 11.8 Å². The van der Waals surface area contributed by atoms with Gasteiger partial charge in [0.1, 0.15) is 17.0 Å². The fraction of sp³-hybridized carbons (Fsp3) is 0. The van der Waals surface area contributed by atoms with Gasteiger partial charge in [-0.3, -0.25) is 9.20 Å². The van der Waals surface area contributed by atoms with Crippen LogP contribution in [0.3, 0.4) is 0 Å². The highest BCUT2D eigenvalue weighted by Crippen LogP contribution is 2.44. The van der Waals surface area contributed by atoms with Gasteiger partial charge >= 0.3 is 0 Å². The molecule has 6 heteroatoms. The van der Waals surface area contributed by atoms with E-state index in [0.29, 0.717) is 22.0 Å². The first kappa shape index (κ1) is 19.2. The van der Waals surface area contributed by atoms with Gasteiger partial charge in [0.05, 0.1) is 11.4 Å². The summed E-state index contributed by atoms with van der Waals surface area (Å²) in [4.78, 5) is 20.8. The molecule has 0 radical (unpaired) electrons. The Kier molecular flexibility index (Phi) is 4.52. The number of imidazole rings is 1. The zero-order chi connectivity index (χ0) is 21.7.